The molecule has 92 valence electrons. The largest absolute Gasteiger partial charge is 0.295 e. The van der Waals surface area contributed by atoms with Gasteiger partial charge in [-0.25, -0.2) is 0 Å². The Hall–Kier alpha value is -1.34. The molecule has 0 amide bonds. The van der Waals surface area contributed by atoms with E-state index in [1.54, 1.807) is 4.68 Å². The molecule has 1 saturated carbocycles. The van der Waals surface area contributed by atoms with Gasteiger partial charge < -0.3 is 0 Å². The van der Waals surface area contributed by atoms with Gasteiger partial charge in [0, 0.05) is 24.8 Å². The fraction of sp³-hybridized carbons (Fsp3) is 0.692. The van der Waals surface area contributed by atoms with Crippen LogP contribution in [0.25, 0.3) is 0 Å². The second-order valence-corrected chi connectivity index (χ2v) is 4.77. The fourth-order valence-electron chi connectivity index (χ4n) is 2.59. The summed E-state index contributed by atoms with van der Waals surface area (Å²) in [7, 11) is 1.91. The molecule has 1 aliphatic rings. The predicted octanol–water partition coefficient (Wildman–Crippen LogP) is 2.08. The minimum atomic E-state index is -0.207. The van der Waals surface area contributed by atoms with Gasteiger partial charge in [-0.1, -0.05) is 19.8 Å². The summed E-state index contributed by atoms with van der Waals surface area (Å²) in [6, 6.07) is 2.67. The van der Waals surface area contributed by atoms with Gasteiger partial charge in [-0.3, -0.25) is 10.00 Å². The first-order valence-electron chi connectivity index (χ1n) is 6.42. The summed E-state index contributed by atoms with van der Waals surface area (Å²) in [6.45, 7) is 2.08. The molecule has 4 heteroatoms. The molecule has 17 heavy (non-hydrogen) atoms. The molecular weight excluding hydrogens is 212 g/mol. The molecule has 1 heterocycles. The molecule has 0 aliphatic heterocycles. The van der Waals surface area contributed by atoms with E-state index in [4.69, 9.17) is 0 Å². The number of rotatable bonds is 4. The monoisotopic (exact) mass is 232 g/mol. The van der Waals surface area contributed by atoms with E-state index in [0.29, 0.717) is 6.04 Å². The lowest BCUT2D eigenvalue weighted by molar-refractivity contribution is 0.490. The van der Waals surface area contributed by atoms with E-state index in [2.05, 4.69) is 23.4 Å². The molecule has 1 aromatic heterocycles. The quantitative estimate of drug-likeness (QED) is 0.864. The molecule has 0 saturated heterocycles. The van der Waals surface area contributed by atoms with Crippen molar-refractivity contribution in [1.82, 2.24) is 15.1 Å². The van der Waals surface area contributed by atoms with Crippen molar-refractivity contribution in [2.45, 2.75) is 51.1 Å². The number of nitrogens with zero attached hydrogens (tertiary/aromatic N) is 3. The van der Waals surface area contributed by atoms with Gasteiger partial charge in [0.2, 0.25) is 0 Å². The van der Waals surface area contributed by atoms with Crippen molar-refractivity contribution in [3.05, 3.63) is 17.5 Å². The van der Waals surface area contributed by atoms with Crippen LogP contribution in [0, 0.1) is 11.3 Å². The van der Waals surface area contributed by atoms with Crippen molar-refractivity contribution in [1.29, 1.82) is 5.26 Å². The first-order chi connectivity index (χ1) is 8.24. The molecule has 0 aromatic carbocycles. The van der Waals surface area contributed by atoms with E-state index < -0.39 is 0 Å². The van der Waals surface area contributed by atoms with Crippen LogP contribution in [0.1, 0.15) is 49.9 Å². The van der Waals surface area contributed by atoms with Crippen molar-refractivity contribution < 1.29 is 0 Å². The SMILES string of the molecule is CCc1nn(C)cc1C(C#N)NC1CCCC1. The molecule has 4 nitrogen and oxygen atoms in total. The van der Waals surface area contributed by atoms with E-state index in [1.165, 1.54) is 25.7 Å². The normalized spacial score (nSPS) is 18.2. The highest BCUT2D eigenvalue weighted by Gasteiger charge is 2.22. The van der Waals surface area contributed by atoms with Crippen LogP contribution in [0.15, 0.2) is 6.20 Å². The summed E-state index contributed by atoms with van der Waals surface area (Å²) in [6.07, 6.45) is 7.79. The summed E-state index contributed by atoms with van der Waals surface area (Å²) in [5, 5.41) is 17.2. The van der Waals surface area contributed by atoms with Gasteiger partial charge in [0.25, 0.3) is 0 Å². The predicted molar refractivity (Wildman–Crippen MR) is 66.3 cm³/mol. The summed E-state index contributed by atoms with van der Waals surface area (Å²) in [4.78, 5) is 0. The second-order valence-electron chi connectivity index (χ2n) is 4.77. The lowest BCUT2D eigenvalue weighted by Gasteiger charge is -2.16. The zero-order valence-electron chi connectivity index (χ0n) is 10.6. The molecule has 1 atom stereocenters. The van der Waals surface area contributed by atoms with Crippen LogP contribution in [-0.4, -0.2) is 15.8 Å². The first-order valence-corrected chi connectivity index (χ1v) is 6.42. The highest BCUT2D eigenvalue weighted by Crippen LogP contribution is 2.23. The maximum Gasteiger partial charge on any atom is 0.124 e. The second kappa shape index (κ2) is 5.33. The molecule has 0 radical (unpaired) electrons. The summed E-state index contributed by atoms with van der Waals surface area (Å²) < 4.78 is 1.80. The van der Waals surface area contributed by atoms with Crippen molar-refractivity contribution >= 4 is 0 Å². The lowest BCUT2D eigenvalue weighted by Crippen LogP contribution is -2.30. The van der Waals surface area contributed by atoms with Gasteiger partial charge in [0.15, 0.2) is 0 Å². The maximum absolute atomic E-state index is 9.32. The van der Waals surface area contributed by atoms with Gasteiger partial charge in [-0.2, -0.15) is 10.4 Å². The Bertz CT molecular complexity index is 410. The van der Waals surface area contributed by atoms with Crippen molar-refractivity contribution in [2.75, 3.05) is 0 Å². The average Bonchev–Trinajstić information content (AvgIpc) is 2.94. The third-order valence-corrected chi connectivity index (χ3v) is 3.47. The Morgan fingerprint density at radius 1 is 1.59 bits per heavy atom. The van der Waals surface area contributed by atoms with Crippen molar-refractivity contribution in [3.63, 3.8) is 0 Å². The summed E-state index contributed by atoms with van der Waals surface area (Å²) >= 11 is 0. The van der Waals surface area contributed by atoms with Crippen molar-refractivity contribution in [3.8, 4) is 6.07 Å². The smallest absolute Gasteiger partial charge is 0.124 e. The van der Waals surface area contributed by atoms with Crippen LogP contribution < -0.4 is 5.32 Å². The number of aromatic nitrogens is 2. The third kappa shape index (κ3) is 2.67. The molecule has 0 spiro atoms. The number of nitriles is 1. The first kappa shape index (κ1) is 12.1. The van der Waals surface area contributed by atoms with Crippen LogP contribution in [0.5, 0.6) is 0 Å². The van der Waals surface area contributed by atoms with Crippen LogP contribution >= 0.6 is 0 Å². The summed E-state index contributed by atoms with van der Waals surface area (Å²) in [5.74, 6) is 0. The Kier molecular flexibility index (Phi) is 3.80. The van der Waals surface area contributed by atoms with Gasteiger partial charge in [0.1, 0.15) is 6.04 Å². The zero-order chi connectivity index (χ0) is 12.3. The topological polar surface area (TPSA) is 53.6 Å². The standard InChI is InChI=1S/C13H20N4/c1-3-12-11(9-17(2)16-12)13(8-14)15-10-6-4-5-7-10/h9-10,13,15H,3-7H2,1-2H3. The van der Waals surface area contributed by atoms with Gasteiger partial charge in [-0.05, 0) is 19.3 Å². The lowest BCUT2D eigenvalue weighted by atomic mass is 10.1. The van der Waals surface area contributed by atoms with Crippen LogP contribution in [0.3, 0.4) is 0 Å². The Labute approximate surface area is 103 Å². The van der Waals surface area contributed by atoms with Crippen LogP contribution in [0.4, 0.5) is 0 Å². The minimum Gasteiger partial charge on any atom is -0.295 e. The van der Waals surface area contributed by atoms with Crippen LogP contribution in [0.2, 0.25) is 0 Å². The Morgan fingerprint density at radius 2 is 2.29 bits per heavy atom. The minimum absolute atomic E-state index is 0.207. The molecule has 1 fully saturated rings. The summed E-state index contributed by atoms with van der Waals surface area (Å²) in [5.41, 5.74) is 2.08. The van der Waals surface area contributed by atoms with Crippen LogP contribution in [-0.2, 0) is 13.5 Å². The Morgan fingerprint density at radius 3 is 2.88 bits per heavy atom. The molecule has 1 aliphatic carbocycles. The van der Waals surface area contributed by atoms with E-state index >= 15 is 0 Å². The van der Waals surface area contributed by atoms with Gasteiger partial charge in [-0.15, -0.1) is 0 Å². The maximum atomic E-state index is 9.32. The third-order valence-electron chi connectivity index (χ3n) is 3.47. The van der Waals surface area contributed by atoms with E-state index in [9.17, 15) is 5.26 Å². The zero-order valence-corrected chi connectivity index (χ0v) is 10.6. The van der Waals surface area contributed by atoms with Gasteiger partial charge in [0.05, 0.1) is 11.8 Å². The molecule has 1 unspecified atom stereocenters. The molecule has 0 bridgehead atoms. The molecular formula is C13H20N4. The Balaban J connectivity index is 2.13. The van der Waals surface area contributed by atoms with E-state index in [1.807, 2.05) is 13.2 Å². The molecule has 2 rings (SSSR count). The van der Waals surface area contributed by atoms with E-state index in [-0.39, 0.29) is 6.04 Å². The fourth-order valence-corrected chi connectivity index (χ4v) is 2.59. The highest BCUT2D eigenvalue weighted by atomic mass is 15.3. The number of hydrogen-bond acceptors (Lipinski definition) is 3. The number of aryl methyl sites for hydroxylation is 2. The number of nitrogens with one attached hydrogen (secondary N) is 1. The average molecular weight is 232 g/mol. The van der Waals surface area contributed by atoms with Crippen molar-refractivity contribution in [2.24, 2.45) is 7.05 Å². The molecule has 1 N–H and O–H groups in total. The molecule has 1 aromatic rings. The highest BCUT2D eigenvalue weighted by molar-refractivity contribution is 5.26. The number of hydrogen-bond donors (Lipinski definition) is 1. The van der Waals surface area contributed by atoms with E-state index in [0.717, 1.165) is 17.7 Å². The van der Waals surface area contributed by atoms with Gasteiger partial charge >= 0.3 is 0 Å².